The lowest BCUT2D eigenvalue weighted by molar-refractivity contribution is 0.0354. The molecule has 3 rings (SSSR count). The molecule has 0 bridgehead atoms. The number of hydrogen-bond donors (Lipinski definition) is 0. The third kappa shape index (κ3) is 3.10. The van der Waals surface area contributed by atoms with Gasteiger partial charge in [-0.3, -0.25) is 4.90 Å². The lowest BCUT2D eigenvalue weighted by Crippen LogP contribution is -2.52. The quantitative estimate of drug-likeness (QED) is 0.776. The second-order valence-corrected chi connectivity index (χ2v) is 6.35. The van der Waals surface area contributed by atoms with Crippen molar-refractivity contribution < 1.29 is 0 Å². The van der Waals surface area contributed by atoms with Gasteiger partial charge in [-0.05, 0) is 56.9 Å². The van der Waals surface area contributed by atoms with Gasteiger partial charge < -0.3 is 4.90 Å². The van der Waals surface area contributed by atoms with Crippen LogP contribution in [0.1, 0.15) is 24.8 Å². The third-order valence-corrected chi connectivity index (χ3v) is 4.85. The van der Waals surface area contributed by atoms with E-state index in [-0.39, 0.29) is 0 Å². The van der Waals surface area contributed by atoms with Crippen molar-refractivity contribution in [1.29, 1.82) is 0 Å². The van der Waals surface area contributed by atoms with Gasteiger partial charge in [0.05, 0.1) is 0 Å². The van der Waals surface area contributed by atoms with Gasteiger partial charge in [-0.15, -0.1) is 0 Å². The molecule has 1 aromatic heterocycles. The van der Waals surface area contributed by atoms with E-state index < -0.39 is 0 Å². The van der Waals surface area contributed by atoms with E-state index in [0.717, 1.165) is 18.5 Å². The molecular formula is C15H22ClN3. The molecule has 104 valence electrons. The van der Waals surface area contributed by atoms with Gasteiger partial charge in [0.2, 0.25) is 0 Å². The van der Waals surface area contributed by atoms with E-state index in [1.54, 1.807) is 0 Å². The normalized spacial score (nSPS) is 29.2. The van der Waals surface area contributed by atoms with Gasteiger partial charge in [-0.1, -0.05) is 17.7 Å². The highest BCUT2D eigenvalue weighted by Gasteiger charge is 2.33. The van der Waals surface area contributed by atoms with E-state index in [1.807, 2.05) is 12.3 Å². The molecule has 3 nitrogen and oxygen atoms in total. The van der Waals surface area contributed by atoms with Crippen LogP contribution in [-0.4, -0.2) is 47.5 Å². The molecule has 4 heteroatoms. The highest BCUT2D eigenvalue weighted by Crippen LogP contribution is 2.30. The molecule has 0 saturated carbocycles. The number of pyridine rings is 1. The SMILES string of the molecule is CN1CCCC2CN(Cc3ccc(Cl)nc3)CCC21. The van der Waals surface area contributed by atoms with Crippen LogP contribution in [0.25, 0.3) is 0 Å². The summed E-state index contributed by atoms with van der Waals surface area (Å²) in [6.07, 6.45) is 5.96. The minimum Gasteiger partial charge on any atom is -0.303 e. The Bertz CT molecular complexity index is 420. The summed E-state index contributed by atoms with van der Waals surface area (Å²) in [5.74, 6) is 0.854. The zero-order valence-corrected chi connectivity index (χ0v) is 12.3. The molecule has 0 amide bonds. The molecular weight excluding hydrogens is 258 g/mol. The fraction of sp³-hybridized carbons (Fsp3) is 0.667. The lowest BCUT2D eigenvalue weighted by atomic mass is 9.84. The third-order valence-electron chi connectivity index (χ3n) is 4.62. The first kappa shape index (κ1) is 13.3. The predicted molar refractivity (Wildman–Crippen MR) is 78.3 cm³/mol. The van der Waals surface area contributed by atoms with Crippen molar-refractivity contribution >= 4 is 11.6 Å². The second-order valence-electron chi connectivity index (χ2n) is 5.96. The van der Waals surface area contributed by atoms with Crippen molar-refractivity contribution in [2.24, 2.45) is 5.92 Å². The zero-order chi connectivity index (χ0) is 13.2. The van der Waals surface area contributed by atoms with Crippen molar-refractivity contribution in [3.63, 3.8) is 0 Å². The first-order valence-electron chi connectivity index (χ1n) is 7.25. The summed E-state index contributed by atoms with van der Waals surface area (Å²) >= 11 is 5.83. The second kappa shape index (κ2) is 5.78. The maximum atomic E-state index is 5.83. The highest BCUT2D eigenvalue weighted by atomic mass is 35.5. The van der Waals surface area contributed by atoms with Crippen LogP contribution in [0.2, 0.25) is 5.15 Å². The van der Waals surface area contributed by atoms with E-state index in [4.69, 9.17) is 11.6 Å². The Morgan fingerprint density at radius 1 is 1.32 bits per heavy atom. The standard InChI is InChI=1S/C15H22ClN3/c1-18-7-2-3-13-11-19(8-6-14(13)18)10-12-4-5-15(16)17-9-12/h4-5,9,13-14H,2-3,6-8,10-11H2,1H3. The Hall–Kier alpha value is -0.640. The summed E-state index contributed by atoms with van der Waals surface area (Å²) in [6, 6.07) is 4.79. The van der Waals surface area contributed by atoms with Crippen LogP contribution in [0.5, 0.6) is 0 Å². The van der Waals surface area contributed by atoms with Gasteiger partial charge in [0.25, 0.3) is 0 Å². The van der Waals surface area contributed by atoms with E-state index in [0.29, 0.717) is 5.15 Å². The van der Waals surface area contributed by atoms with Crippen LogP contribution in [0.3, 0.4) is 0 Å². The minimum atomic E-state index is 0.580. The van der Waals surface area contributed by atoms with Gasteiger partial charge in [0.15, 0.2) is 0 Å². The maximum Gasteiger partial charge on any atom is 0.129 e. The van der Waals surface area contributed by atoms with Gasteiger partial charge in [0.1, 0.15) is 5.15 Å². The number of hydrogen-bond acceptors (Lipinski definition) is 3. The van der Waals surface area contributed by atoms with Crippen LogP contribution in [0, 0.1) is 5.92 Å². The molecule has 3 heterocycles. The number of fused-ring (bicyclic) bond motifs is 1. The van der Waals surface area contributed by atoms with E-state index >= 15 is 0 Å². The van der Waals surface area contributed by atoms with E-state index in [9.17, 15) is 0 Å². The summed E-state index contributed by atoms with van der Waals surface area (Å²) in [6.45, 7) is 4.73. The average Bonchev–Trinajstić information content (AvgIpc) is 2.42. The molecule has 2 fully saturated rings. The molecule has 2 saturated heterocycles. The van der Waals surface area contributed by atoms with Crippen LogP contribution in [-0.2, 0) is 6.54 Å². The Balaban J connectivity index is 1.60. The zero-order valence-electron chi connectivity index (χ0n) is 11.6. The summed E-state index contributed by atoms with van der Waals surface area (Å²) in [4.78, 5) is 9.31. The van der Waals surface area contributed by atoms with Crippen molar-refractivity contribution in [2.75, 3.05) is 26.7 Å². The van der Waals surface area contributed by atoms with Crippen LogP contribution < -0.4 is 0 Å². The Morgan fingerprint density at radius 3 is 3.00 bits per heavy atom. The van der Waals surface area contributed by atoms with Crippen LogP contribution in [0.15, 0.2) is 18.3 Å². The number of piperidine rings is 2. The first-order chi connectivity index (χ1) is 9.22. The smallest absolute Gasteiger partial charge is 0.129 e. The van der Waals surface area contributed by atoms with Crippen molar-refractivity contribution in [3.8, 4) is 0 Å². The minimum absolute atomic E-state index is 0.580. The molecule has 0 N–H and O–H groups in total. The Morgan fingerprint density at radius 2 is 2.21 bits per heavy atom. The summed E-state index contributed by atoms with van der Waals surface area (Å²) in [5.41, 5.74) is 1.27. The topological polar surface area (TPSA) is 19.4 Å². The fourth-order valence-electron chi connectivity index (χ4n) is 3.63. The molecule has 1 aromatic rings. The molecule has 0 spiro atoms. The van der Waals surface area contributed by atoms with Gasteiger partial charge >= 0.3 is 0 Å². The summed E-state index contributed by atoms with van der Waals surface area (Å²) in [5, 5.41) is 0.580. The maximum absolute atomic E-state index is 5.83. The Labute approximate surface area is 120 Å². The van der Waals surface area contributed by atoms with Crippen molar-refractivity contribution in [3.05, 3.63) is 29.0 Å². The lowest BCUT2D eigenvalue weighted by Gasteiger charge is -2.46. The van der Waals surface area contributed by atoms with E-state index in [1.165, 1.54) is 44.5 Å². The van der Waals surface area contributed by atoms with Crippen LogP contribution in [0.4, 0.5) is 0 Å². The average molecular weight is 280 g/mol. The molecule has 0 radical (unpaired) electrons. The molecule has 2 aliphatic heterocycles. The predicted octanol–water partition coefficient (Wildman–Crippen LogP) is 2.65. The molecule has 2 aliphatic rings. The molecule has 0 aliphatic carbocycles. The summed E-state index contributed by atoms with van der Waals surface area (Å²) in [7, 11) is 2.29. The molecule has 2 atom stereocenters. The van der Waals surface area contributed by atoms with Crippen LogP contribution >= 0.6 is 11.6 Å². The number of rotatable bonds is 2. The highest BCUT2D eigenvalue weighted by molar-refractivity contribution is 6.29. The number of likely N-dealkylation sites (tertiary alicyclic amines) is 2. The molecule has 2 unspecified atom stereocenters. The number of nitrogens with zero attached hydrogens (tertiary/aromatic N) is 3. The summed E-state index contributed by atoms with van der Waals surface area (Å²) < 4.78 is 0. The molecule has 0 aromatic carbocycles. The number of halogens is 1. The van der Waals surface area contributed by atoms with E-state index in [2.05, 4.69) is 27.9 Å². The first-order valence-corrected chi connectivity index (χ1v) is 7.63. The van der Waals surface area contributed by atoms with Crippen molar-refractivity contribution in [2.45, 2.75) is 31.8 Å². The van der Waals surface area contributed by atoms with Crippen molar-refractivity contribution in [1.82, 2.24) is 14.8 Å². The Kier molecular flexibility index (Phi) is 4.06. The van der Waals surface area contributed by atoms with Gasteiger partial charge in [-0.25, -0.2) is 4.98 Å². The monoisotopic (exact) mass is 279 g/mol. The molecule has 19 heavy (non-hydrogen) atoms. The fourth-order valence-corrected chi connectivity index (χ4v) is 3.74. The van der Waals surface area contributed by atoms with Gasteiger partial charge in [-0.2, -0.15) is 0 Å². The number of aromatic nitrogens is 1. The largest absolute Gasteiger partial charge is 0.303 e. The van der Waals surface area contributed by atoms with Gasteiger partial charge in [0, 0.05) is 25.3 Å².